The Labute approximate surface area is 119 Å². The lowest BCUT2D eigenvalue weighted by molar-refractivity contribution is 0.0713. The lowest BCUT2D eigenvalue weighted by Gasteiger charge is -2.31. The molecule has 0 bridgehead atoms. The van der Waals surface area contributed by atoms with Crippen LogP contribution in [0.25, 0.3) is 0 Å². The molecule has 2 rings (SSSR count). The lowest BCUT2D eigenvalue weighted by Crippen LogP contribution is -2.20. The van der Waals surface area contributed by atoms with Gasteiger partial charge in [0.15, 0.2) is 0 Å². The van der Waals surface area contributed by atoms with E-state index in [1.807, 2.05) is 0 Å². The Balaban J connectivity index is 2.20. The second kappa shape index (κ2) is 5.75. The van der Waals surface area contributed by atoms with E-state index in [2.05, 4.69) is 48.8 Å². The van der Waals surface area contributed by atoms with Crippen LogP contribution in [0.4, 0.5) is 0 Å². The molecule has 18 heavy (non-hydrogen) atoms. The number of aliphatic hydroxyl groups excluding tert-OH is 1. The van der Waals surface area contributed by atoms with Crippen LogP contribution < -0.4 is 0 Å². The summed E-state index contributed by atoms with van der Waals surface area (Å²) in [6.45, 7) is 6.49. The Morgan fingerprint density at radius 2 is 1.83 bits per heavy atom. The van der Waals surface area contributed by atoms with Crippen LogP contribution in [0.1, 0.15) is 55.4 Å². The fourth-order valence-electron chi connectivity index (χ4n) is 3.19. The van der Waals surface area contributed by atoms with Gasteiger partial charge >= 0.3 is 0 Å². The van der Waals surface area contributed by atoms with E-state index in [0.717, 1.165) is 22.4 Å². The molecule has 3 atom stereocenters. The first-order chi connectivity index (χ1) is 8.49. The zero-order valence-corrected chi connectivity index (χ0v) is 13.1. The maximum atomic E-state index is 10.6. The SMILES string of the molecule is Cc1cc(C(O)C2CCCC(C)C2)cc(C)c1Br. The number of benzene rings is 1. The van der Waals surface area contributed by atoms with Gasteiger partial charge in [0.05, 0.1) is 6.10 Å². The smallest absolute Gasteiger partial charge is 0.0818 e. The van der Waals surface area contributed by atoms with E-state index in [-0.39, 0.29) is 6.10 Å². The van der Waals surface area contributed by atoms with Crippen molar-refractivity contribution in [1.82, 2.24) is 0 Å². The minimum Gasteiger partial charge on any atom is -0.388 e. The van der Waals surface area contributed by atoms with Crippen molar-refractivity contribution in [3.05, 3.63) is 33.3 Å². The van der Waals surface area contributed by atoms with E-state index < -0.39 is 0 Å². The minimum atomic E-state index is -0.293. The normalized spacial score (nSPS) is 26.1. The van der Waals surface area contributed by atoms with E-state index >= 15 is 0 Å². The summed E-state index contributed by atoms with van der Waals surface area (Å²) < 4.78 is 1.16. The second-order valence-corrected chi connectivity index (χ2v) is 6.74. The third kappa shape index (κ3) is 2.97. The van der Waals surface area contributed by atoms with Crippen molar-refractivity contribution in [2.45, 2.75) is 52.6 Å². The Morgan fingerprint density at radius 3 is 2.39 bits per heavy atom. The first-order valence-corrected chi connectivity index (χ1v) is 7.73. The van der Waals surface area contributed by atoms with Crippen molar-refractivity contribution in [1.29, 1.82) is 0 Å². The molecule has 0 aromatic heterocycles. The molecule has 0 spiro atoms. The highest BCUT2D eigenvalue weighted by Gasteiger charge is 2.26. The van der Waals surface area contributed by atoms with Crippen LogP contribution in [0.15, 0.2) is 16.6 Å². The fourth-order valence-corrected chi connectivity index (χ4v) is 3.42. The predicted octanol–water partition coefficient (Wildman–Crippen LogP) is 4.93. The highest BCUT2D eigenvalue weighted by Crippen LogP contribution is 2.38. The molecule has 0 heterocycles. The lowest BCUT2D eigenvalue weighted by atomic mass is 9.77. The largest absolute Gasteiger partial charge is 0.388 e. The van der Waals surface area contributed by atoms with Crippen molar-refractivity contribution in [2.24, 2.45) is 11.8 Å². The summed E-state index contributed by atoms with van der Waals surface area (Å²) in [7, 11) is 0. The van der Waals surface area contributed by atoms with Gasteiger partial charge in [0.2, 0.25) is 0 Å². The molecule has 3 unspecified atom stereocenters. The molecule has 0 aliphatic heterocycles. The van der Waals surface area contributed by atoms with Gasteiger partial charge in [-0.3, -0.25) is 0 Å². The van der Waals surface area contributed by atoms with Crippen LogP contribution in [0.3, 0.4) is 0 Å². The van der Waals surface area contributed by atoms with Gasteiger partial charge in [0.25, 0.3) is 0 Å². The van der Waals surface area contributed by atoms with Crippen molar-refractivity contribution in [3.63, 3.8) is 0 Å². The predicted molar refractivity (Wildman–Crippen MR) is 79.7 cm³/mol. The van der Waals surface area contributed by atoms with Gasteiger partial charge in [-0.25, -0.2) is 0 Å². The highest BCUT2D eigenvalue weighted by molar-refractivity contribution is 9.10. The van der Waals surface area contributed by atoms with Crippen LogP contribution >= 0.6 is 15.9 Å². The molecule has 1 aliphatic carbocycles. The summed E-state index contributed by atoms with van der Waals surface area (Å²) in [5, 5.41) is 10.6. The molecule has 1 aromatic carbocycles. The summed E-state index contributed by atoms with van der Waals surface area (Å²) >= 11 is 3.59. The first kappa shape index (κ1) is 14.1. The third-order valence-electron chi connectivity index (χ3n) is 4.22. The van der Waals surface area contributed by atoms with Gasteiger partial charge in [-0.2, -0.15) is 0 Å². The number of rotatable bonds is 2. The molecule has 1 fully saturated rings. The molecule has 0 amide bonds. The maximum Gasteiger partial charge on any atom is 0.0818 e. The fraction of sp³-hybridized carbons (Fsp3) is 0.625. The van der Waals surface area contributed by atoms with Gasteiger partial charge in [-0.05, 0) is 55.2 Å². The minimum absolute atomic E-state index is 0.293. The number of aryl methyl sites for hydroxylation is 2. The number of hydrogen-bond donors (Lipinski definition) is 1. The summed E-state index contributed by atoms with van der Waals surface area (Å²) in [6.07, 6.45) is 4.62. The van der Waals surface area contributed by atoms with Gasteiger partial charge in [-0.1, -0.05) is 47.8 Å². The van der Waals surface area contributed by atoms with E-state index in [9.17, 15) is 5.11 Å². The summed E-state index contributed by atoms with van der Waals surface area (Å²) in [6, 6.07) is 4.25. The molecule has 1 aliphatic rings. The number of aliphatic hydroxyl groups is 1. The molecular formula is C16H23BrO. The Kier molecular flexibility index (Phi) is 4.50. The quantitative estimate of drug-likeness (QED) is 0.821. The van der Waals surface area contributed by atoms with Crippen molar-refractivity contribution in [3.8, 4) is 0 Å². The van der Waals surface area contributed by atoms with Gasteiger partial charge in [-0.15, -0.1) is 0 Å². The topological polar surface area (TPSA) is 20.2 Å². The molecule has 0 saturated heterocycles. The van der Waals surface area contributed by atoms with Crippen LogP contribution in [-0.2, 0) is 0 Å². The highest BCUT2D eigenvalue weighted by atomic mass is 79.9. The Hall–Kier alpha value is -0.340. The molecule has 2 heteroatoms. The van der Waals surface area contributed by atoms with E-state index in [0.29, 0.717) is 5.92 Å². The van der Waals surface area contributed by atoms with Crippen LogP contribution in [0, 0.1) is 25.7 Å². The van der Waals surface area contributed by atoms with E-state index in [4.69, 9.17) is 0 Å². The molecule has 1 nitrogen and oxygen atoms in total. The molecule has 1 saturated carbocycles. The third-order valence-corrected chi connectivity index (χ3v) is 5.47. The van der Waals surface area contributed by atoms with Crippen LogP contribution in [-0.4, -0.2) is 5.11 Å². The second-order valence-electron chi connectivity index (χ2n) is 5.95. The summed E-state index contributed by atoms with van der Waals surface area (Å²) in [4.78, 5) is 0. The van der Waals surface area contributed by atoms with Gasteiger partial charge < -0.3 is 5.11 Å². The van der Waals surface area contributed by atoms with E-state index in [1.54, 1.807) is 0 Å². The zero-order valence-electron chi connectivity index (χ0n) is 11.5. The van der Waals surface area contributed by atoms with Crippen molar-refractivity contribution < 1.29 is 5.11 Å². The molecule has 1 N–H and O–H groups in total. The maximum absolute atomic E-state index is 10.6. The standard InChI is InChI=1S/C16H23BrO/c1-10-5-4-6-13(7-10)16(18)14-8-11(2)15(17)12(3)9-14/h8-10,13,16,18H,4-7H2,1-3H3. The Morgan fingerprint density at radius 1 is 1.22 bits per heavy atom. The molecule has 1 aromatic rings. The average Bonchev–Trinajstić information content (AvgIpc) is 2.34. The monoisotopic (exact) mass is 310 g/mol. The number of halogens is 1. The molecule has 100 valence electrons. The van der Waals surface area contributed by atoms with Crippen LogP contribution in [0.5, 0.6) is 0 Å². The van der Waals surface area contributed by atoms with E-state index in [1.165, 1.54) is 30.4 Å². The van der Waals surface area contributed by atoms with Crippen LogP contribution in [0.2, 0.25) is 0 Å². The summed E-state index contributed by atoms with van der Waals surface area (Å²) in [5.74, 6) is 1.20. The Bertz CT molecular complexity index is 404. The van der Waals surface area contributed by atoms with Gasteiger partial charge in [0.1, 0.15) is 0 Å². The molecule has 0 radical (unpaired) electrons. The first-order valence-electron chi connectivity index (χ1n) is 6.93. The average molecular weight is 311 g/mol. The van der Waals surface area contributed by atoms with Crippen molar-refractivity contribution in [2.75, 3.05) is 0 Å². The zero-order chi connectivity index (χ0) is 13.3. The van der Waals surface area contributed by atoms with Crippen molar-refractivity contribution >= 4 is 15.9 Å². The number of hydrogen-bond acceptors (Lipinski definition) is 1. The molecular weight excluding hydrogens is 288 g/mol. The van der Waals surface area contributed by atoms with Gasteiger partial charge in [0, 0.05) is 4.47 Å². The summed E-state index contributed by atoms with van der Waals surface area (Å²) in [5.41, 5.74) is 3.52.